The molecule has 1 rings (SSSR count). The highest BCUT2D eigenvalue weighted by molar-refractivity contribution is 7.96. The van der Waals surface area contributed by atoms with Gasteiger partial charge in [0.25, 0.3) is 0 Å². The summed E-state index contributed by atoms with van der Waals surface area (Å²) in [5.74, 6) is 0.307. The Balaban J connectivity index is 2.50. The highest BCUT2D eigenvalue weighted by Crippen LogP contribution is 2.09. The maximum atomic E-state index is 10.7. The minimum atomic E-state index is -1.09. The Labute approximate surface area is 79.9 Å². The molecular formula is C8H6O4S. The van der Waals surface area contributed by atoms with Gasteiger partial charge in [-0.1, -0.05) is 30.8 Å². The molecule has 0 atom stereocenters. The Morgan fingerprint density at radius 3 is 2.31 bits per heavy atom. The van der Waals surface area contributed by atoms with Crippen LogP contribution in [0.5, 0.6) is 5.75 Å². The van der Waals surface area contributed by atoms with E-state index in [1.54, 1.807) is 30.3 Å². The van der Waals surface area contributed by atoms with Crippen LogP contribution in [0.3, 0.4) is 0 Å². The minimum Gasteiger partial charge on any atom is -0.395 e. The van der Waals surface area contributed by atoms with E-state index in [1.165, 1.54) is 0 Å². The monoisotopic (exact) mass is 198 g/mol. The van der Waals surface area contributed by atoms with E-state index in [2.05, 4.69) is 22.1 Å². The fourth-order valence-electron chi connectivity index (χ4n) is 0.677. The average molecular weight is 198 g/mol. The van der Waals surface area contributed by atoms with Gasteiger partial charge in [-0.3, -0.25) is 0 Å². The van der Waals surface area contributed by atoms with Crippen LogP contribution in [0.25, 0.3) is 0 Å². The maximum absolute atomic E-state index is 10.7. The quantitative estimate of drug-likeness (QED) is 0.325. The third kappa shape index (κ3) is 3.62. The molecule has 1 aromatic carbocycles. The lowest BCUT2D eigenvalue weighted by molar-refractivity contribution is 0.128. The molecule has 0 bridgehead atoms. The van der Waals surface area contributed by atoms with Gasteiger partial charge in [0, 0.05) is 0 Å². The molecule has 0 radical (unpaired) electrons. The molecule has 0 saturated carbocycles. The largest absolute Gasteiger partial charge is 0.522 e. The molecule has 0 N–H and O–H groups in total. The summed E-state index contributed by atoms with van der Waals surface area (Å²) in [6, 6.07) is 8.26. The predicted octanol–water partition coefficient (Wildman–Crippen LogP) is 2.25. The van der Waals surface area contributed by atoms with Crippen molar-refractivity contribution in [1.29, 1.82) is 0 Å². The Hall–Kier alpha value is -1.49. The lowest BCUT2D eigenvalue weighted by Crippen LogP contribution is -2.11. The van der Waals surface area contributed by atoms with Gasteiger partial charge in [0.2, 0.25) is 0 Å². The number of carbonyl (C=O) groups is 2. The van der Waals surface area contributed by atoms with Crippen LogP contribution in [0.4, 0.5) is 9.59 Å². The lowest BCUT2D eigenvalue weighted by atomic mass is 10.3. The molecule has 0 aliphatic carbocycles. The smallest absolute Gasteiger partial charge is 0.395 e. The zero-order valence-corrected chi connectivity index (χ0v) is 7.36. The van der Waals surface area contributed by atoms with Crippen molar-refractivity contribution in [1.82, 2.24) is 0 Å². The third-order valence-corrected chi connectivity index (χ3v) is 1.21. The molecule has 0 spiro atoms. The SMILES string of the molecule is O=C(S)OC(=O)Oc1ccccc1. The summed E-state index contributed by atoms with van der Waals surface area (Å²) in [5.41, 5.74) is 0. The van der Waals surface area contributed by atoms with Crippen LogP contribution < -0.4 is 4.74 Å². The molecule has 0 aromatic heterocycles. The van der Waals surface area contributed by atoms with E-state index in [1.807, 2.05) is 0 Å². The second kappa shape index (κ2) is 4.51. The van der Waals surface area contributed by atoms with Gasteiger partial charge in [-0.25, -0.2) is 9.59 Å². The lowest BCUT2D eigenvalue weighted by Gasteiger charge is -2.00. The molecule has 4 nitrogen and oxygen atoms in total. The first kappa shape index (κ1) is 9.60. The van der Waals surface area contributed by atoms with E-state index < -0.39 is 11.5 Å². The molecule has 0 saturated heterocycles. The van der Waals surface area contributed by atoms with Crippen LogP contribution in [-0.4, -0.2) is 11.5 Å². The van der Waals surface area contributed by atoms with Crippen molar-refractivity contribution >= 4 is 24.1 Å². The normalized spacial score (nSPS) is 9.00. The molecule has 0 aliphatic rings. The van der Waals surface area contributed by atoms with E-state index in [0.717, 1.165) is 0 Å². The zero-order chi connectivity index (χ0) is 9.68. The Morgan fingerprint density at radius 2 is 1.77 bits per heavy atom. The summed E-state index contributed by atoms with van der Waals surface area (Å²) in [4.78, 5) is 20.9. The standard InChI is InChI=1S/C8H6O4S/c9-7(12-8(10)13)11-6-4-2-1-3-5-6/h1-5H,(H,10,13). The fraction of sp³-hybridized carbons (Fsp3) is 0. The van der Waals surface area contributed by atoms with Gasteiger partial charge < -0.3 is 9.47 Å². The zero-order valence-electron chi connectivity index (χ0n) is 6.47. The van der Waals surface area contributed by atoms with Crippen molar-refractivity contribution in [2.24, 2.45) is 0 Å². The van der Waals surface area contributed by atoms with Crippen molar-refractivity contribution in [3.05, 3.63) is 30.3 Å². The first-order valence-corrected chi connectivity index (χ1v) is 3.81. The van der Waals surface area contributed by atoms with Gasteiger partial charge in [-0.05, 0) is 12.1 Å². The van der Waals surface area contributed by atoms with Crippen molar-refractivity contribution in [2.75, 3.05) is 0 Å². The highest BCUT2D eigenvalue weighted by atomic mass is 32.1. The van der Waals surface area contributed by atoms with Gasteiger partial charge in [-0.15, -0.1) is 0 Å². The van der Waals surface area contributed by atoms with Gasteiger partial charge in [-0.2, -0.15) is 0 Å². The fourth-order valence-corrected chi connectivity index (χ4v) is 0.751. The van der Waals surface area contributed by atoms with Crippen molar-refractivity contribution in [2.45, 2.75) is 0 Å². The van der Waals surface area contributed by atoms with Crippen LogP contribution in [-0.2, 0) is 4.74 Å². The Kier molecular flexibility index (Phi) is 3.33. The second-order valence-electron chi connectivity index (χ2n) is 2.03. The molecule has 13 heavy (non-hydrogen) atoms. The average Bonchev–Trinajstić information content (AvgIpc) is 2.04. The van der Waals surface area contributed by atoms with Crippen molar-refractivity contribution in [3.8, 4) is 5.75 Å². The number of ether oxygens (including phenoxy) is 2. The number of hydrogen-bond donors (Lipinski definition) is 1. The molecule has 0 unspecified atom stereocenters. The number of benzene rings is 1. The van der Waals surface area contributed by atoms with Crippen LogP contribution in [0.1, 0.15) is 0 Å². The van der Waals surface area contributed by atoms with Gasteiger partial charge in [0.15, 0.2) is 0 Å². The first-order chi connectivity index (χ1) is 6.18. The van der Waals surface area contributed by atoms with Crippen LogP contribution in [0.15, 0.2) is 30.3 Å². The van der Waals surface area contributed by atoms with Crippen molar-refractivity contribution in [3.63, 3.8) is 0 Å². The molecule has 0 fully saturated rings. The number of carbonyl (C=O) groups excluding carboxylic acids is 2. The van der Waals surface area contributed by atoms with E-state index in [-0.39, 0.29) is 0 Å². The summed E-state index contributed by atoms with van der Waals surface area (Å²) < 4.78 is 8.61. The molecule has 68 valence electrons. The Bertz CT molecular complexity index is 309. The van der Waals surface area contributed by atoms with Gasteiger partial charge >= 0.3 is 11.5 Å². The third-order valence-electron chi connectivity index (χ3n) is 1.12. The molecule has 5 heteroatoms. The van der Waals surface area contributed by atoms with Crippen LogP contribution >= 0.6 is 12.6 Å². The van der Waals surface area contributed by atoms with E-state index in [4.69, 9.17) is 0 Å². The van der Waals surface area contributed by atoms with Gasteiger partial charge in [0.1, 0.15) is 5.75 Å². The summed E-state index contributed by atoms with van der Waals surface area (Å²) >= 11 is 3.24. The van der Waals surface area contributed by atoms with E-state index in [0.29, 0.717) is 5.75 Å². The number of rotatable bonds is 1. The summed E-state index contributed by atoms with van der Waals surface area (Å²) in [7, 11) is 0. The first-order valence-electron chi connectivity index (χ1n) is 3.36. The molecule has 0 aliphatic heterocycles. The minimum absolute atomic E-state index is 0.307. The number of thiol groups is 1. The number of hydrogen-bond acceptors (Lipinski definition) is 4. The van der Waals surface area contributed by atoms with Gasteiger partial charge in [0.05, 0.1) is 0 Å². The summed E-state index contributed by atoms with van der Waals surface area (Å²) in [5, 5.41) is -0.999. The topological polar surface area (TPSA) is 52.6 Å². The maximum Gasteiger partial charge on any atom is 0.522 e. The van der Waals surface area contributed by atoms with Crippen molar-refractivity contribution < 1.29 is 19.1 Å². The van der Waals surface area contributed by atoms with E-state index in [9.17, 15) is 9.59 Å². The highest BCUT2D eigenvalue weighted by Gasteiger charge is 2.08. The summed E-state index contributed by atoms with van der Waals surface area (Å²) in [6.07, 6.45) is -1.09. The number of para-hydroxylation sites is 1. The summed E-state index contributed by atoms with van der Waals surface area (Å²) in [6.45, 7) is 0. The molecule has 0 amide bonds. The Morgan fingerprint density at radius 1 is 1.15 bits per heavy atom. The molecular weight excluding hydrogens is 192 g/mol. The second-order valence-corrected chi connectivity index (χ2v) is 2.40. The van der Waals surface area contributed by atoms with Crippen LogP contribution in [0, 0.1) is 0 Å². The predicted molar refractivity (Wildman–Crippen MR) is 47.9 cm³/mol. The molecule has 0 heterocycles. The molecule has 1 aromatic rings. The van der Waals surface area contributed by atoms with Crippen LogP contribution in [0.2, 0.25) is 0 Å². The van der Waals surface area contributed by atoms with E-state index >= 15 is 0 Å².